The first kappa shape index (κ1) is 15.2. The maximum Gasteiger partial charge on any atom is 0.416 e. The van der Waals surface area contributed by atoms with E-state index in [1.807, 2.05) is 0 Å². The van der Waals surface area contributed by atoms with Crippen LogP contribution in [0.3, 0.4) is 0 Å². The topological polar surface area (TPSA) is 37.3 Å². The summed E-state index contributed by atoms with van der Waals surface area (Å²) in [6.07, 6.45) is -2.25. The number of thioether (sulfide) groups is 1. The highest BCUT2D eigenvalue weighted by molar-refractivity contribution is 7.98. The molecule has 2 rings (SSSR count). The van der Waals surface area contributed by atoms with Crippen molar-refractivity contribution in [3.63, 3.8) is 0 Å². The molecule has 1 fully saturated rings. The van der Waals surface area contributed by atoms with Crippen LogP contribution in [0.2, 0.25) is 0 Å². The third kappa shape index (κ3) is 4.16. The number of benzene rings is 1. The number of hydrogen-bond acceptors (Lipinski definition) is 2. The molecule has 0 saturated heterocycles. The van der Waals surface area contributed by atoms with Gasteiger partial charge < -0.3 is 5.11 Å². The van der Waals surface area contributed by atoms with Crippen LogP contribution in [0.15, 0.2) is 24.3 Å². The van der Waals surface area contributed by atoms with Crippen molar-refractivity contribution in [2.45, 2.75) is 31.2 Å². The van der Waals surface area contributed by atoms with E-state index in [-0.39, 0.29) is 11.8 Å². The lowest BCUT2D eigenvalue weighted by molar-refractivity contribution is -0.138. The minimum Gasteiger partial charge on any atom is -0.481 e. The lowest BCUT2D eigenvalue weighted by Gasteiger charge is -2.12. The summed E-state index contributed by atoms with van der Waals surface area (Å²) in [7, 11) is 0. The van der Waals surface area contributed by atoms with E-state index in [0.29, 0.717) is 5.75 Å². The predicted octanol–water partition coefficient (Wildman–Crippen LogP) is 4.19. The Balaban J connectivity index is 1.82. The zero-order valence-electron chi connectivity index (χ0n) is 10.7. The van der Waals surface area contributed by atoms with Crippen molar-refractivity contribution >= 4 is 17.7 Å². The third-order valence-electron chi connectivity index (χ3n) is 3.44. The highest BCUT2D eigenvalue weighted by Gasteiger charge is 2.44. The molecule has 0 spiro atoms. The van der Waals surface area contributed by atoms with E-state index < -0.39 is 17.7 Å². The molecule has 0 unspecified atom stereocenters. The fourth-order valence-electron chi connectivity index (χ4n) is 2.05. The van der Waals surface area contributed by atoms with Gasteiger partial charge in [-0.2, -0.15) is 24.9 Å². The van der Waals surface area contributed by atoms with Crippen LogP contribution in [0.1, 0.15) is 30.4 Å². The summed E-state index contributed by atoms with van der Waals surface area (Å²) in [6.45, 7) is 0. The highest BCUT2D eigenvalue weighted by atomic mass is 32.2. The van der Waals surface area contributed by atoms with E-state index in [1.165, 1.54) is 12.1 Å². The van der Waals surface area contributed by atoms with E-state index in [0.717, 1.165) is 36.3 Å². The summed E-state index contributed by atoms with van der Waals surface area (Å²) < 4.78 is 37.2. The fraction of sp³-hybridized carbons (Fsp3) is 0.500. The smallest absolute Gasteiger partial charge is 0.416 e. The van der Waals surface area contributed by atoms with Gasteiger partial charge in [0.15, 0.2) is 0 Å². The minimum atomic E-state index is -4.30. The van der Waals surface area contributed by atoms with E-state index in [9.17, 15) is 18.0 Å². The molecule has 0 heterocycles. The largest absolute Gasteiger partial charge is 0.481 e. The molecule has 110 valence electrons. The molecule has 6 heteroatoms. The van der Waals surface area contributed by atoms with Gasteiger partial charge in [0.05, 0.1) is 12.0 Å². The first-order valence-electron chi connectivity index (χ1n) is 6.26. The van der Waals surface area contributed by atoms with Gasteiger partial charge in [0, 0.05) is 5.75 Å². The molecule has 1 saturated carbocycles. The summed E-state index contributed by atoms with van der Waals surface area (Å²) in [5, 5.41) is 8.80. The number of hydrogen-bond donors (Lipinski definition) is 1. The monoisotopic (exact) mass is 304 g/mol. The van der Waals surface area contributed by atoms with Crippen LogP contribution in [0.4, 0.5) is 13.2 Å². The molecule has 1 aliphatic rings. The maximum atomic E-state index is 12.4. The van der Waals surface area contributed by atoms with Crippen molar-refractivity contribution in [1.82, 2.24) is 0 Å². The van der Waals surface area contributed by atoms with Crippen molar-refractivity contribution in [3.05, 3.63) is 35.4 Å². The number of carbonyl (C=O) groups is 1. The van der Waals surface area contributed by atoms with Gasteiger partial charge in [0.2, 0.25) is 0 Å². The highest BCUT2D eigenvalue weighted by Crippen LogP contribution is 2.51. The average Bonchev–Trinajstić information content (AvgIpc) is 3.07. The van der Waals surface area contributed by atoms with Crippen LogP contribution in [0, 0.1) is 5.41 Å². The molecule has 0 aliphatic heterocycles. The van der Waals surface area contributed by atoms with Gasteiger partial charge in [-0.05, 0) is 41.7 Å². The molecule has 0 radical (unpaired) electrons. The number of halogens is 3. The van der Waals surface area contributed by atoms with Crippen molar-refractivity contribution < 1.29 is 23.1 Å². The molecule has 1 aromatic carbocycles. The Morgan fingerprint density at radius 1 is 1.25 bits per heavy atom. The van der Waals surface area contributed by atoms with Gasteiger partial charge in [-0.3, -0.25) is 4.79 Å². The van der Waals surface area contributed by atoms with Gasteiger partial charge in [0.25, 0.3) is 0 Å². The first-order valence-corrected chi connectivity index (χ1v) is 7.42. The number of carboxylic acid groups (broad SMARTS) is 1. The number of aliphatic carboxylic acids is 1. The fourth-order valence-corrected chi connectivity index (χ4v) is 3.40. The normalized spacial score (nSPS) is 16.9. The SMILES string of the molecule is O=C(O)CC1(CSCc2ccc(C(F)(F)F)cc2)CC1. The lowest BCUT2D eigenvalue weighted by atomic mass is 10.1. The molecule has 0 bridgehead atoms. The van der Waals surface area contributed by atoms with Crippen molar-refractivity contribution in [3.8, 4) is 0 Å². The Morgan fingerprint density at radius 2 is 1.85 bits per heavy atom. The number of rotatable bonds is 6. The van der Waals surface area contributed by atoms with Crippen LogP contribution < -0.4 is 0 Å². The Bertz CT molecular complexity index is 478. The van der Waals surface area contributed by atoms with E-state index in [2.05, 4.69) is 0 Å². The Hall–Kier alpha value is -1.17. The standard InChI is InChI=1S/C14H15F3O2S/c15-14(16,17)11-3-1-10(2-4-11)8-20-9-13(5-6-13)7-12(18)19/h1-4H,5-9H2,(H,18,19). The van der Waals surface area contributed by atoms with Crippen molar-refractivity contribution in [2.75, 3.05) is 5.75 Å². The summed E-state index contributed by atoms with van der Waals surface area (Å²) in [4.78, 5) is 10.7. The second kappa shape index (κ2) is 5.68. The van der Waals surface area contributed by atoms with Crippen molar-refractivity contribution in [2.24, 2.45) is 5.41 Å². The van der Waals surface area contributed by atoms with Crippen LogP contribution in [0.25, 0.3) is 0 Å². The Morgan fingerprint density at radius 3 is 2.30 bits per heavy atom. The predicted molar refractivity (Wildman–Crippen MR) is 71.5 cm³/mol. The van der Waals surface area contributed by atoms with E-state index >= 15 is 0 Å². The minimum absolute atomic E-state index is 0.0809. The Kier molecular flexibility index (Phi) is 4.32. The van der Waals surface area contributed by atoms with Crippen LogP contribution in [-0.4, -0.2) is 16.8 Å². The van der Waals surface area contributed by atoms with Gasteiger partial charge in [-0.15, -0.1) is 0 Å². The number of alkyl halides is 3. The van der Waals surface area contributed by atoms with Crippen LogP contribution in [-0.2, 0) is 16.7 Å². The maximum absolute atomic E-state index is 12.4. The van der Waals surface area contributed by atoms with Gasteiger partial charge in [-0.25, -0.2) is 0 Å². The first-order chi connectivity index (χ1) is 9.31. The molecular weight excluding hydrogens is 289 g/mol. The van der Waals surface area contributed by atoms with Crippen molar-refractivity contribution in [1.29, 1.82) is 0 Å². The molecule has 20 heavy (non-hydrogen) atoms. The lowest BCUT2D eigenvalue weighted by Crippen LogP contribution is -2.11. The van der Waals surface area contributed by atoms with Gasteiger partial charge in [-0.1, -0.05) is 12.1 Å². The van der Waals surface area contributed by atoms with Gasteiger partial charge in [0.1, 0.15) is 0 Å². The molecular formula is C14H15F3O2S. The summed E-state index contributed by atoms with van der Waals surface area (Å²) in [5.74, 6) is 0.581. The third-order valence-corrected chi connectivity index (χ3v) is 4.80. The molecule has 1 N–H and O–H groups in total. The summed E-state index contributed by atoms with van der Waals surface area (Å²) >= 11 is 1.59. The summed E-state index contributed by atoms with van der Waals surface area (Å²) in [5.41, 5.74) is 0.104. The number of carboxylic acids is 1. The van der Waals surface area contributed by atoms with Crippen LogP contribution >= 0.6 is 11.8 Å². The summed E-state index contributed by atoms with van der Waals surface area (Å²) in [6, 6.07) is 5.12. The molecule has 0 aromatic heterocycles. The second-order valence-corrected chi connectivity index (χ2v) is 6.24. The van der Waals surface area contributed by atoms with Crippen LogP contribution in [0.5, 0.6) is 0 Å². The molecule has 0 amide bonds. The molecule has 1 aromatic rings. The molecule has 1 aliphatic carbocycles. The molecule has 0 atom stereocenters. The zero-order chi connectivity index (χ0) is 14.8. The quantitative estimate of drug-likeness (QED) is 0.856. The van der Waals surface area contributed by atoms with E-state index in [1.54, 1.807) is 11.8 Å². The van der Waals surface area contributed by atoms with Gasteiger partial charge >= 0.3 is 12.1 Å². The Labute approximate surface area is 119 Å². The second-order valence-electron chi connectivity index (χ2n) is 5.26. The van der Waals surface area contributed by atoms with E-state index in [4.69, 9.17) is 5.11 Å². The molecule has 2 nitrogen and oxygen atoms in total. The average molecular weight is 304 g/mol. The zero-order valence-corrected chi connectivity index (χ0v) is 11.6.